The number of rotatable bonds is 6. The van der Waals surface area contributed by atoms with Gasteiger partial charge in [0.15, 0.2) is 11.6 Å². The maximum absolute atomic E-state index is 13.7. The van der Waals surface area contributed by atoms with E-state index in [-0.39, 0.29) is 30.4 Å². The van der Waals surface area contributed by atoms with Crippen LogP contribution in [0.2, 0.25) is 0 Å². The van der Waals surface area contributed by atoms with Crippen molar-refractivity contribution in [2.45, 2.75) is 19.9 Å². The highest BCUT2D eigenvalue weighted by molar-refractivity contribution is 5.78. The maximum Gasteiger partial charge on any atom is 0.224 e. The van der Waals surface area contributed by atoms with E-state index in [9.17, 15) is 13.6 Å². The van der Waals surface area contributed by atoms with Gasteiger partial charge in [0.25, 0.3) is 0 Å². The first-order valence-corrected chi connectivity index (χ1v) is 7.01. The van der Waals surface area contributed by atoms with Crippen molar-refractivity contribution in [3.8, 4) is 5.75 Å². The van der Waals surface area contributed by atoms with Crippen LogP contribution in [-0.2, 0) is 17.8 Å². The van der Waals surface area contributed by atoms with Crippen molar-refractivity contribution in [2.75, 3.05) is 6.61 Å². The molecule has 0 unspecified atom stereocenters. The molecule has 0 aromatic heterocycles. The molecule has 0 saturated heterocycles. The van der Waals surface area contributed by atoms with Gasteiger partial charge in [-0.15, -0.1) is 0 Å². The van der Waals surface area contributed by atoms with Crippen molar-refractivity contribution in [3.63, 3.8) is 0 Å². The van der Waals surface area contributed by atoms with Crippen molar-refractivity contribution in [1.29, 1.82) is 0 Å². The van der Waals surface area contributed by atoms with E-state index in [1.54, 1.807) is 25.1 Å². The van der Waals surface area contributed by atoms with Crippen LogP contribution in [0.25, 0.3) is 0 Å². The third-order valence-electron chi connectivity index (χ3n) is 3.04. The van der Waals surface area contributed by atoms with Gasteiger partial charge in [0.2, 0.25) is 5.91 Å². The number of carbonyl (C=O) groups excluding carboxylic acids is 1. The quantitative estimate of drug-likeness (QED) is 0.890. The number of carbonyl (C=O) groups is 1. The highest BCUT2D eigenvalue weighted by atomic mass is 19.1. The molecule has 5 heteroatoms. The van der Waals surface area contributed by atoms with E-state index >= 15 is 0 Å². The summed E-state index contributed by atoms with van der Waals surface area (Å²) < 4.78 is 31.8. The molecule has 0 fully saturated rings. The number of amides is 1. The van der Waals surface area contributed by atoms with Crippen LogP contribution < -0.4 is 10.1 Å². The van der Waals surface area contributed by atoms with Crippen molar-refractivity contribution in [2.24, 2.45) is 0 Å². The molecule has 22 heavy (non-hydrogen) atoms. The summed E-state index contributed by atoms with van der Waals surface area (Å²) in [5.41, 5.74) is 1.23. The van der Waals surface area contributed by atoms with Crippen molar-refractivity contribution < 1.29 is 18.3 Å². The molecule has 0 aliphatic carbocycles. The Hall–Kier alpha value is -2.43. The summed E-state index contributed by atoms with van der Waals surface area (Å²) >= 11 is 0. The normalized spacial score (nSPS) is 10.3. The molecule has 0 spiro atoms. The Morgan fingerprint density at radius 3 is 2.64 bits per heavy atom. The maximum atomic E-state index is 13.7. The van der Waals surface area contributed by atoms with E-state index in [0.29, 0.717) is 17.7 Å². The van der Waals surface area contributed by atoms with Gasteiger partial charge in [-0.2, -0.15) is 0 Å². The van der Waals surface area contributed by atoms with Crippen LogP contribution in [0.15, 0.2) is 42.5 Å². The molecule has 116 valence electrons. The van der Waals surface area contributed by atoms with Crippen LogP contribution in [0, 0.1) is 11.6 Å². The number of halogens is 2. The molecule has 0 saturated carbocycles. The first kappa shape index (κ1) is 15.9. The summed E-state index contributed by atoms with van der Waals surface area (Å²) in [6, 6.07) is 10.4. The molecule has 0 radical (unpaired) electrons. The van der Waals surface area contributed by atoms with Crippen LogP contribution in [0.5, 0.6) is 5.75 Å². The van der Waals surface area contributed by atoms with Crippen LogP contribution in [-0.4, -0.2) is 12.5 Å². The fraction of sp³-hybridized carbons (Fsp3) is 0.235. The third kappa shape index (κ3) is 4.55. The van der Waals surface area contributed by atoms with Gasteiger partial charge >= 0.3 is 0 Å². The molecule has 0 heterocycles. The summed E-state index contributed by atoms with van der Waals surface area (Å²) in [4.78, 5) is 11.8. The minimum atomic E-state index is -0.460. The van der Waals surface area contributed by atoms with Gasteiger partial charge in [-0.1, -0.05) is 18.2 Å². The Morgan fingerprint density at radius 1 is 1.14 bits per heavy atom. The zero-order valence-corrected chi connectivity index (χ0v) is 12.2. The predicted molar refractivity (Wildman–Crippen MR) is 79.5 cm³/mol. The van der Waals surface area contributed by atoms with Crippen molar-refractivity contribution in [1.82, 2.24) is 5.32 Å². The molecule has 2 aromatic rings. The second kappa shape index (κ2) is 7.54. The zero-order valence-electron chi connectivity index (χ0n) is 12.2. The highest BCUT2D eigenvalue weighted by Crippen LogP contribution is 2.18. The fourth-order valence-corrected chi connectivity index (χ4v) is 2.02. The second-order valence-electron chi connectivity index (χ2n) is 4.78. The van der Waals surface area contributed by atoms with Crippen LogP contribution in [0.3, 0.4) is 0 Å². The summed E-state index contributed by atoms with van der Waals surface area (Å²) in [6.07, 6.45) is 0.0806. The number of nitrogens with one attached hydrogen (secondary N) is 1. The minimum Gasteiger partial charge on any atom is -0.491 e. The average molecular weight is 305 g/mol. The summed E-state index contributed by atoms with van der Waals surface area (Å²) in [6.45, 7) is 2.37. The summed E-state index contributed by atoms with van der Waals surface area (Å²) in [5.74, 6) is -0.894. The van der Waals surface area contributed by atoms with Crippen molar-refractivity contribution in [3.05, 3.63) is 65.2 Å². The average Bonchev–Trinajstić information content (AvgIpc) is 2.48. The van der Waals surface area contributed by atoms with E-state index in [2.05, 4.69) is 5.32 Å². The second-order valence-corrected chi connectivity index (χ2v) is 4.78. The van der Waals surface area contributed by atoms with E-state index in [4.69, 9.17) is 4.74 Å². The molecule has 1 amide bonds. The lowest BCUT2D eigenvalue weighted by Crippen LogP contribution is -2.24. The molecule has 0 atom stereocenters. The standard InChI is InChI=1S/C17H17F2NO2/c1-2-22-16-7-6-13(9-15(16)19)11-20-17(21)10-12-4-3-5-14(18)8-12/h3-9H,2,10-11H2,1H3,(H,20,21). The monoisotopic (exact) mass is 305 g/mol. The van der Waals surface area contributed by atoms with Gasteiger partial charge in [0, 0.05) is 6.54 Å². The van der Waals surface area contributed by atoms with E-state index in [1.165, 1.54) is 24.3 Å². The summed E-state index contributed by atoms with van der Waals surface area (Å²) in [5, 5.41) is 2.68. The predicted octanol–water partition coefficient (Wildman–Crippen LogP) is 3.22. The lowest BCUT2D eigenvalue weighted by molar-refractivity contribution is -0.120. The SMILES string of the molecule is CCOc1ccc(CNC(=O)Cc2cccc(F)c2)cc1F. The molecule has 1 N–H and O–H groups in total. The molecule has 2 rings (SSSR count). The van der Waals surface area contributed by atoms with Crippen molar-refractivity contribution >= 4 is 5.91 Å². The molecule has 2 aromatic carbocycles. The molecule has 0 bridgehead atoms. The van der Waals surface area contributed by atoms with Gasteiger partial charge in [-0.25, -0.2) is 8.78 Å². The smallest absolute Gasteiger partial charge is 0.224 e. The Balaban J connectivity index is 1.89. The topological polar surface area (TPSA) is 38.3 Å². The van der Waals surface area contributed by atoms with Crippen LogP contribution in [0.4, 0.5) is 8.78 Å². The summed E-state index contributed by atoms with van der Waals surface area (Å²) in [7, 11) is 0. The molecule has 0 aliphatic rings. The first-order chi connectivity index (χ1) is 10.6. The van der Waals surface area contributed by atoms with Gasteiger partial charge in [0.05, 0.1) is 13.0 Å². The van der Waals surface area contributed by atoms with Gasteiger partial charge in [-0.3, -0.25) is 4.79 Å². The third-order valence-corrected chi connectivity index (χ3v) is 3.04. The Labute approximate surface area is 127 Å². The molecular weight excluding hydrogens is 288 g/mol. The van der Waals surface area contributed by atoms with Gasteiger partial charge in [0.1, 0.15) is 5.82 Å². The molecular formula is C17H17F2NO2. The Kier molecular flexibility index (Phi) is 5.47. The van der Waals surface area contributed by atoms with Gasteiger partial charge < -0.3 is 10.1 Å². The number of ether oxygens (including phenoxy) is 1. The van der Waals surface area contributed by atoms with E-state index in [0.717, 1.165) is 0 Å². The van der Waals surface area contributed by atoms with E-state index < -0.39 is 5.82 Å². The highest BCUT2D eigenvalue weighted by Gasteiger charge is 2.07. The van der Waals surface area contributed by atoms with E-state index in [1.807, 2.05) is 0 Å². The lowest BCUT2D eigenvalue weighted by atomic mass is 10.1. The Morgan fingerprint density at radius 2 is 1.95 bits per heavy atom. The largest absolute Gasteiger partial charge is 0.491 e. The molecule has 3 nitrogen and oxygen atoms in total. The first-order valence-electron chi connectivity index (χ1n) is 7.01. The van der Waals surface area contributed by atoms with Crippen LogP contribution >= 0.6 is 0 Å². The lowest BCUT2D eigenvalue weighted by Gasteiger charge is -2.08. The van der Waals surface area contributed by atoms with Crippen LogP contribution in [0.1, 0.15) is 18.1 Å². The minimum absolute atomic E-state index is 0.0806. The number of benzene rings is 2. The molecule has 0 aliphatic heterocycles. The number of hydrogen-bond donors (Lipinski definition) is 1. The zero-order chi connectivity index (χ0) is 15.9. The Bertz CT molecular complexity index is 659. The number of hydrogen-bond acceptors (Lipinski definition) is 2. The van der Waals surface area contributed by atoms with Gasteiger partial charge in [-0.05, 0) is 42.3 Å². The fourth-order valence-electron chi connectivity index (χ4n) is 2.02.